The van der Waals surface area contributed by atoms with Gasteiger partial charge in [0.15, 0.2) is 17.6 Å². The van der Waals surface area contributed by atoms with Crippen molar-refractivity contribution in [3.05, 3.63) is 42.5 Å². The first-order valence-electron chi connectivity index (χ1n) is 11.5. The molecule has 0 spiro atoms. The number of methoxy groups -OCH3 is 1. The Balaban J connectivity index is 1.59. The van der Waals surface area contributed by atoms with Crippen LogP contribution in [0.4, 0.5) is 5.69 Å². The predicted molar refractivity (Wildman–Crippen MR) is 125 cm³/mol. The van der Waals surface area contributed by atoms with Crippen molar-refractivity contribution in [2.75, 3.05) is 51.5 Å². The average Bonchev–Trinajstić information content (AvgIpc) is 3.37. The molecule has 2 aromatic carbocycles. The molecule has 1 fully saturated rings. The van der Waals surface area contributed by atoms with Crippen LogP contribution in [-0.4, -0.2) is 74.6 Å². The highest BCUT2D eigenvalue weighted by Crippen LogP contribution is 2.35. The zero-order valence-electron chi connectivity index (χ0n) is 19.2. The van der Waals surface area contributed by atoms with Crippen LogP contribution in [0.3, 0.4) is 0 Å². The summed E-state index contributed by atoms with van der Waals surface area (Å²) in [4.78, 5) is 17.6. The maximum atomic E-state index is 13.7. The van der Waals surface area contributed by atoms with E-state index in [0.717, 1.165) is 25.9 Å². The van der Waals surface area contributed by atoms with Gasteiger partial charge in [-0.05, 0) is 69.3 Å². The Kier molecular flexibility index (Phi) is 7.57. The Labute approximate surface area is 194 Å². The Morgan fingerprint density at radius 2 is 1.73 bits per heavy atom. The number of ether oxygens (including phenoxy) is 4. The van der Waals surface area contributed by atoms with E-state index in [-0.39, 0.29) is 12.5 Å². The normalized spacial score (nSPS) is 17.3. The van der Waals surface area contributed by atoms with Gasteiger partial charge in [-0.1, -0.05) is 0 Å². The molecule has 0 saturated carbocycles. The molecule has 2 aromatic rings. The van der Waals surface area contributed by atoms with Crippen molar-refractivity contribution in [1.29, 1.82) is 0 Å². The van der Waals surface area contributed by atoms with Gasteiger partial charge in [-0.15, -0.1) is 0 Å². The van der Waals surface area contributed by atoms with Gasteiger partial charge in [-0.25, -0.2) is 0 Å². The Hall–Kier alpha value is -2.97. The maximum Gasteiger partial charge on any atom is 0.268 e. The second kappa shape index (κ2) is 10.8. The molecule has 8 nitrogen and oxygen atoms in total. The van der Waals surface area contributed by atoms with E-state index >= 15 is 0 Å². The molecule has 33 heavy (non-hydrogen) atoms. The summed E-state index contributed by atoms with van der Waals surface area (Å²) in [6, 6.07) is 12.1. The molecule has 1 N–H and O–H groups in total. The second-order valence-corrected chi connectivity index (χ2v) is 8.32. The van der Waals surface area contributed by atoms with Gasteiger partial charge in [0.1, 0.15) is 24.7 Å². The van der Waals surface area contributed by atoms with E-state index in [0.29, 0.717) is 48.4 Å². The lowest BCUT2D eigenvalue weighted by atomic mass is 10.1. The fraction of sp³-hybridized carbons (Fsp3) is 0.480. The number of carbonyl (C=O) groups is 1. The quantitative estimate of drug-likeness (QED) is 0.621. The molecule has 178 valence electrons. The first-order chi connectivity index (χ1) is 16.1. The summed E-state index contributed by atoms with van der Waals surface area (Å²) >= 11 is 0. The molecular weight excluding hydrogens is 424 g/mol. The minimum absolute atomic E-state index is 0.161. The van der Waals surface area contributed by atoms with Gasteiger partial charge in [0.05, 0.1) is 19.8 Å². The number of rotatable bonds is 9. The van der Waals surface area contributed by atoms with Gasteiger partial charge < -0.3 is 33.9 Å². The van der Waals surface area contributed by atoms with Gasteiger partial charge in [0, 0.05) is 18.3 Å². The Morgan fingerprint density at radius 3 is 2.39 bits per heavy atom. The standard InChI is InChI=1S/C25H32N2O6/c1-18(33-22-8-6-21(30-2)7-9-22)25(29)27(20(17-28)16-26-11-3-4-12-26)19-5-10-23-24(15-19)32-14-13-31-23/h5-10,15,18,20,28H,3-4,11-14,16-17H2,1-2H3/t18-,20+/m1/s1. The van der Waals surface area contributed by atoms with Crippen LogP contribution in [0.25, 0.3) is 0 Å². The molecule has 2 aliphatic heterocycles. The molecule has 0 bridgehead atoms. The number of benzene rings is 2. The lowest BCUT2D eigenvalue weighted by Crippen LogP contribution is -2.52. The van der Waals surface area contributed by atoms with Crippen LogP contribution < -0.4 is 23.8 Å². The maximum absolute atomic E-state index is 13.7. The van der Waals surface area contributed by atoms with Crippen LogP contribution in [0, 0.1) is 0 Å². The molecule has 1 saturated heterocycles. The number of hydrogen-bond donors (Lipinski definition) is 1. The molecule has 4 rings (SSSR count). The van der Waals surface area contributed by atoms with E-state index in [2.05, 4.69) is 4.90 Å². The smallest absolute Gasteiger partial charge is 0.268 e. The molecular formula is C25H32N2O6. The molecule has 0 aromatic heterocycles. The topological polar surface area (TPSA) is 80.7 Å². The molecule has 0 radical (unpaired) electrons. The fourth-order valence-electron chi connectivity index (χ4n) is 4.29. The van der Waals surface area contributed by atoms with Gasteiger partial charge in [0.25, 0.3) is 5.91 Å². The molecule has 0 aliphatic carbocycles. The van der Waals surface area contributed by atoms with Crippen LogP contribution in [0.2, 0.25) is 0 Å². The zero-order valence-corrected chi connectivity index (χ0v) is 19.2. The van der Waals surface area contributed by atoms with E-state index in [9.17, 15) is 9.90 Å². The SMILES string of the molecule is COc1ccc(O[C@H](C)C(=O)N(c2ccc3c(c2)OCCO3)[C@H](CO)CN2CCCC2)cc1. The third-order valence-electron chi connectivity index (χ3n) is 6.00. The number of anilines is 1. The van der Waals surface area contributed by atoms with E-state index in [1.807, 2.05) is 12.1 Å². The highest BCUT2D eigenvalue weighted by Gasteiger charge is 2.32. The van der Waals surface area contributed by atoms with Crippen molar-refractivity contribution in [1.82, 2.24) is 4.90 Å². The number of amides is 1. The highest BCUT2D eigenvalue weighted by atomic mass is 16.6. The number of likely N-dealkylation sites (tertiary alicyclic amines) is 1. The molecule has 2 aliphatic rings. The summed E-state index contributed by atoms with van der Waals surface area (Å²) in [6.45, 7) is 5.05. The van der Waals surface area contributed by atoms with E-state index in [1.54, 1.807) is 49.3 Å². The summed E-state index contributed by atoms with van der Waals surface area (Å²) in [5, 5.41) is 10.3. The summed E-state index contributed by atoms with van der Waals surface area (Å²) in [7, 11) is 1.60. The lowest BCUT2D eigenvalue weighted by Gasteiger charge is -2.35. The average molecular weight is 457 g/mol. The fourth-order valence-corrected chi connectivity index (χ4v) is 4.29. The number of fused-ring (bicyclic) bond motifs is 1. The van der Waals surface area contributed by atoms with Crippen LogP contribution >= 0.6 is 0 Å². The second-order valence-electron chi connectivity index (χ2n) is 8.32. The van der Waals surface area contributed by atoms with Gasteiger partial charge in [0.2, 0.25) is 0 Å². The molecule has 8 heteroatoms. The van der Waals surface area contributed by atoms with Gasteiger partial charge in [-0.3, -0.25) is 4.79 Å². The Bertz CT molecular complexity index is 929. The van der Waals surface area contributed by atoms with Crippen LogP contribution in [-0.2, 0) is 4.79 Å². The number of aliphatic hydroxyl groups is 1. The highest BCUT2D eigenvalue weighted by molar-refractivity contribution is 5.97. The summed E-state index contributed by atoms with van der Waals surface area (Å²) in [5.74, 6) is 2.29. The van der Waals surface area contributed by atoms with Gasteiger partial charge in [-0.2, -0.15) is 0 Å². The van der Waals surface area contributed by atoms with Crippen molar-refractivity contribution in [3.8, 4) is 23.0 Å². The zero-order chi connectivity index (χ0) is 23.2. The number of aliphatic hydroxyl groups excluding tert-OH is 1. The minimum atomic E-state index is -0.765. The molecule has 0 unspecified atom stereocenters. The van der Waals surface area contributed by atoms with E-state index < -0.39 is 12.1 Å². The minimum Gasteiger partial charge on any atom is -0.497 e. The van der Waals surface area contributed by atoms with Crippen LogP contribution in [0.5, 0.6) is 23.0 Å². The molecule has 1 amide bonds. The van der Waals surface area contributed by atoms with Crippen molar-refractivity contribution in [2.45, 2.75) is 31.9 Å². The van der Waals surface area contributed by atoms with E-state index in [1.165, 1.54) is 0 Å². The Morgan fingerprint density at radius 1 is 1.06 bits per heavy atom. The van der Waals surface area contributed by atoms with Crippen LogP contribution in [0.15, 0.2) is 42.5 Å². The van der Waals surface area contributed by atoms with Crippen molar-refractivity contribution in [3.63, 3.8) is 0 Å². The molecule has 2 heterocycles. The summed E-state index contributed by atoms with van der Waals surface area (Å²) < 4.78 is 22.5. The number of hydrogen-bond acceptors (Lipinski definition) is 7. The van der Waals surface area contributed by atoms with Crippen molar-refractivity contribution >= 4 is 11.6 Å². The molecule has 2 atom stereocenters. The third kappa shape index (κ3) is 5.51. The number of nitrogens with zero attached hydrogens (tertiary/aromatic N) is 2. The first-order valence-corrected chi connectivity index (χ1v) is 11.5. The first kappa shape index (κ1) is 23.2. The van der Waals surface area contributed by atoms with E-state index in [4.69, 9.17) is 18.9 Å². The largest absolute Gasteiger partial charge is 0.497 e. The summed E-state index contributed by atoms with van der Waals surface area (Å²) in [6.07, 6.45) is 1.50. The summed E-state index contributed by atoms with van der Waals surface area (Å²) in [5.41, 5.74) is 0.646. The monoisotopic (exact) mass is 456 g/mol. The van der Waals surface area contributed by atoms with Crippen LogP contribution in [0.1, 0.15) is 19.8 Å². The predicted octanol–water partition coefficient (Wildman–Crippen LogP) is 2.72. The third-order valence-corrected chi connectivity index (χ3v) is 6.00. The van der Waals surface area contributed by atoms with Crippen molar-refractivity contribution < 1.29 is 28.8 Å². The van der Waals surface area contributed by atoms with Crippen molar-refractivity contribution in [2.24, 2.45) is 0 Å². The van der Waals surface area contributed by atoms with Gasteiger partial charge >= 0.3 is 0 Å². The number of carbonyl (C=O) groups excluding carboxylic acids is 1. The lowest BCUT2D eigenvalue weighted by molar-refractivity contribution is -0.125.